The molecule has 1 amide bonds. The zero-order chi connectivity index (χ0) is 14.7. The van der Waals surface area contributed by atoms with Crippen molar-refractivity contribution in [2.24, 2.45) is 7.05 Å². The van der Waals surface area contributed by atoms with E-state index in [-0.39, 0.29) is 18.5 Å². The second-order valence-corrected chi connectivity index (χ2v) is 4.33. The number of carbonyl (C=O) groups excluding carboxylic acids is 1. The molecule has 1 aromatic carbocycles. The van der Waals surface area contributed by atoms with Gasteiger partial charge in [0.25, 0.3) is 0 Å². The Balaban J connectivity index is 1.98. The maximum Gasteiger partial charge on any atom is 0.224 e. The SMILES string of the molecule is Cn1ncc(CNC(=O)Cc2c(F)cccc2F)c1N. The number of carbonyl (C=O) groups is 1. The van der Waals surface area contributed by atoms with Gasteiger partial charge in [-0.3, -0.25) is 9.48 Å². The van der Waals surface area contributed by atoms with Crippen LogP contribution in [0.3, 0.4) is 0 Å². The van der Waals surface area contributed by atoms with Crippen LogP contribution in [-0.4, -0.2) is 15.7 Å². The molecule has 0 aliphatic carbocycles. The largest absolute Gasteiger partial charge is 0.384 e. The number of nitrogen functional groups attached to an aromatic ring is 1. The molecule has 2 rings (SSSR count). The van der Waals surface area contributed by atoms with Crippen LogP contribution in [0.2, 0.25) is 0 Å². The van der Waals surface area contributed by atoms with Gasteiger partial charge in [-0.15, -0.1) is 0 Å². The van der Waals surface area contributed by atoms with Crippen molar-refractivity contribution < 1.29 is 13.6 Å². The third-order valence-corrected chi connectivity index (χ3v) is 2.94. The van der Waals surface area contributed by atoms with Gasteiger partial charge in [-0.1, -0.05) is 6.07 Å². The number of nitrogens with zero attached hydrogens (tertiary/aromatic N) is 2. The quantitative estimate of drug-likeness (QED) is 0.882. The molecule has 1 heterocycles. The van der Waals surface area contributed by atoms with E-state index in [0.29, 0.717) is 11.4 Å². The average molecular weight is 280 g/mol. The monoisotopic (exact) mass is 280 g/mol. The number of aryl methyl sites for hydroxylation is 1. The van der Waals surface area contributed by atoms with E-state index in [1.165, 1.54) is 16.9 Å². The third kappa shape index (κ3) is 2.93. The number of halogens is 2. The Morgan fingerprint density at radius 3 is 2.60 bits per heavy atom. The minimum absolute atomic E-state index is 0.161. The van der Waals surface area contributed by atoms with Gasteiger partial charge in [0, 0.05) is 24.7 Å². The lowest BCUT2D eigenvalue weighted by Gasteiger charge is -2.06. The van der Waals surface area contributed by atoms with Crippen molar-refractivity contribution in [2.75, 3.05) is 5.73 Å². The molecule has 3 N–H and O–H groups in total. The molecule has 0 unspecified atom stereocenters. The molecule has 0 aliphatic heterocycles. The van der Waals surface area contributed by atoms with Gasteiger partial charge in [0.05, 0.1) is 12.6 Å². The van der Waals surface area contributed by atoms with E-state index in [9.17, 15) is 13.6 Å². The summed E-state index contributed by atoms with van der Waals surface area (Å²) in [5, 5.41) is 6.48. The van der Waals surface area contributed by atoms with Crippen LogP contribution in [0.1, 0.15) is 11.1 Å². The van der Waals surface area contributed by atoms with Gasteiger partial charge in [-0.25, -0.2) is 8.78 Å². The summed E-state index contributed by atoms with van der Waals surface area (Å²) in [5.41, 5.74) is 6.12. The van der Waals surface area contributed by atoms with Crippen LogP contribution < -0.4 is 11.1 Å². The topological polar surface area (TPSA) is 72.9 Å². The highest BCUT2D eigenvalue weighted by atomic mass is 19.1. The number of anilines is 1. The molecule has 0 atom stereocenters. The van der Waals surface area contributed by atoms with E-state index in [1.54, 1.807) is 7.05 Å². The smallest absolute Gasteiger partial charge is 0.224 e. The van der Waals surface area contributed by atoms with Crippen molar-refractivity contribution in [1.29, 1.82) is 0 Å². The average Bonchev–Trinajstić information content (AvgIpc) is 2.72. The van der Waals surface area contributed by atoms with Gasteiger partial charge in [0.15, 0.2) is 0 Å². The second kappa shape index (κ2) is 5.68. The number of benzene rings is 1. The Bertz CT molecular complexity index is 619. The predicted octanol–water partition coefficient (Wildman–Crippen LogP) is 1.14. The van der Waals surface area contributed by atoms with Gasteiger partial charge in [0.2, 0.25) is 5.91 Å². The van der Waals surface area contributed by atoms with Crippen LogP contribution in [-0.2, 0) is 24.8 Å². The van der Waals surface area contributed by atoms with Gasteiger partial charge < -0.3 is 11.1 Å². The minimum Gasteiger partial charge on any atom is -0.384 e. The molecule has 5 nitrogen and oxygen atoms in total. The number of nitrogens with two attached hydrogens (primary N) is 1. The fourth-order valence-electron chi connectivity index (χ4n) is 1.75. The molecule has 7 heteroatoms. The first kappa shape index (κ1) is 14.0. The molecule has 0 fully saturated rings. The normalized spacial score (nSPS) is 10.6. The first-order chi connectivity index (χ1) is 9.49. The molecule has 2 aromatic rings. The summed E-state index contributed by atoms with van der Waals surface area (Å²) < 4.78 is 28.2. The van der Waals surface area contributed by atoms with E-state index in [1.807, 2.05) is 0 Å². The fourth-order valence-corrected chi connectivity index (χ4v) is 1.75. The first-order valence-electron chi connectivity index (χ1n) is 5.95. The number of aromatic nitrogens is 2. The molecule has 0 bridgehead atoms. The summed E-state index contributed by atoms with van der Waals surface area (Å²) in [4.78, 5) is 11.7. The standard InChI is InChI=1S/C13H14F2N4O/c1-19-13(16)8(7-18-19)6-17-12(20)5-9-10(14)3-2-4-11(9)15/h2-4,7H,5-6,16H2,1H3,(H,17,20). The van der Waals surface area contributed by atoms with E-state index < -0.39 is 17.5 Å². The van der Waals surface area contributed by atoms with E-state index >= 15 is 0 Å². The molecule has 0 saturated heterocycles. The minimum atomic E-state index is -0.735. The lowest BCUT2D eigenvalue weighted by Crippen LogP contribution is -2.25. The van der Waals surface area contributed by atoms with Crippen molar-refractivity contribution in [1.82, 2.24) is 15.1 Å². The summed E-state index contributed by atoms with van der Waals surface area (Å²) in [6.45, 7) is 0.161. The molecule has 0 radical (unpaired) electrons. The van der Waals surface area contributed by atoms with Crippen molar-refractivity contribution in [3.63, 3.8) is 0 Å². The Hall–Kier alpha value is -2.44. The summed E-state index contributed by atoms with van der Waals surface area (Å²) in [7, 11) is 1.68. The Kier molecular flexibility index (Phi) is 3.97. The van der Waals surface area contributed by atoms with Crippen LogP contribution in [0, 0.1) is 11.6 Å². The summed E-state index contributed by atoms with van der Waals surface area (Å²) in [5.74, 6) is -1.53. The number of nitrogens with one attached hydrogen (secondary N) is 1. The number of hydrogen-bond donors (Lipinski definition) is 2. The lowest BCUT2D eigenvalue weighted by molar-refractivity contribution is -0.120. The molecule has 0 aliphatic rings. The second-order valence-electron chi connectivity index (χ2n) is 4.33. The predicted molar refractivity (Wildman–Crippen MR) is 69.5 cm³/mol. The number of hydrogen-bond acceptors (Lipinski definition) is 3. The van der Waals surface area contributed by atoms with Crippen LogP contribution >= 0.6 is 0 Å². The molecule has 0 saturated carbocycles. The van der Waals surface area contributed by atoms with Crippen LogP contribution in [0.15, 0.2) is 24.4 Å². The molecular formula is C13H14F2N4O. The zero-order valence-electron chi connectivity index (χ0n) is 10.9. The van der Waals surface area contributed by atoms with Crippen molar-refractivity contribution in [2.45, 2.75) is 13.0 Å². The van der Waals surface area contributed by atoms with Crippen LogP contribution in [0.5, 0.6) is 0 Å². The third-order valence-electron chi connectivity index (χ3n) is 2.94. The van der Waals surface area contributed by atoms with Crippen molar-refractivity contribution in [3.05, 3.63) is 47.2 Å². The molecule has 1 aromatic heterocycles. The Labute approximate surface area is 114 Å². The number of rotatable bonds is 4. The summed E-state index contributed by atoms with van der Waals surface area (Å²) >= 11 is 0. The zero-order valence-corrected chi connectivity index (χ0v) is 10.9. The highest BCUT2D eigenvalue weighted by Crippen LogP contribution is 2.13. The molecule has 106 valence electrons. The first-order valence-corrected chi connectivity index (χ1v) is 5.95. The highest BCUT2D eigenvalue weighted by Gasteiger charge is 2.13. The van der Waals surface area contributed by atoms with Crippen LogP contribution in [0.4, 0.5) is 14.6 Å². The van der Waals surface area contributed by atoms with E-state index in [0.717, 1.165) is 12.1 Å². The van der Waals surface area contributed by atoms with Gasteiger partial charge >= 0.3 is 0 Å². The summed E-state index contributed by atoms with van der Waals surface area (Å²) in [6, 6.07) is 3.48. The van der Waals surface area contributed by atoms with Gasteiger partial charge in [-0.2, -0.15) is 5.10 Å². The fraction of sp³-hybridized carbons (Fsp3) is 0.231. The van der Waals surface area contributed by atoms with Crippen molar-refractivity contribution >= 4 is 11.7 Å². The molecule has 20 heavy (non-hydrogen) atoms. The number of amides is 1. The van der Waals surface area contributed by atoms with E-state index in [2.05, 4.69) is 10.4 Å². The highest BCUT2D eigenvalue weighted by molar-refractivity contribution is 5.78. The lowest BCUT2D eigenvalue weighted by atomic mass is 10.1. The maximum atomic E-state index is 13.4. The van der Waals surface area contributed by atoms with Crippen molar-refractivity contribution in [3.8, 4) is 0 Å². The molecule has 0 spiro atoms. The Morgan fingerprint density at radius 2 is 2.05 bits per heavy atom. The molecular weight excluding hydrogens is 266 g/mol. The summed E-state index contributed by atoms with van der Waals surface area (Å²) in [6.07, 6.45) is 1.16. The van der Waals surface area contributed by atoms with Gasteiger partial charge in [-0.05, 0) is 12.1 Å². The van der Waals surface area contributed by atoms with E-state index in [4.69, 9.17) is 5.73 Å². The van der Waals surface area contributed by atoms with Gasteiger partial charge in [0.1, 0.15) is 17.5 Å². The Morgan fingerprint density at radius 1 is 1.40 bits per heavy atom. The van der Waals surface area contributed by atoms with Crippen LogP contribution in [0.25, 0.3) is 0 Å². The maximum absolute atomic E-state index is 13.4.